The second-order valence-corrected chi connectivity index (χ2v) is 10.6. The summed E-state index contributed by atoms with van der Waals surface area (Å²) in [6, 6.07) is 15.4. The Kier molecular flexibility index (Phi) is 8.18. The first-order chi connectivity index (χ1) is 21.8. The van der Waals surface area contributed by atoms with E-state index in [2.05, 4.69) is 25.8 Å². The number of H-pyrrole nitrogens is 2. The number of rotatable bonds is 2. The summed E-state index contributed by atoms with van der Waals surface area (Å²) in [5, 5.41) is 11.6. The van der Waals surface area contributed by atoms with E-state index in [4.69, 9.17) is 14.2 Å². The second kappa shape index (κ2) is 12.5. The fourth-order valence-electron chi connectivity index (χ4n) is 5.32. The van der Waals surface area contributed by atoms with Crippen molar-refractivity contribution in [3.05, 3.63) is 93.9 Å². The van der Waals surface area contributed by atoms with Gasteiger partial charge >= 0.3 is 5.69 Å². The van der Waals surface area contributed by atoms with Crippen molar-refractivity contribution >= 4 is 17.7 Å². The molecule has 1 aromatic heterocycles. The number of halogens is 1. The van der Waals surface area contributed by atoms with Crippen molar-refractivity contribution in [1.82, 2.24) is 30.7 Å². The first-order valence-corrected chi connectivity index (χ1v) is 14.2. The molecule has 45 heavy (non-hydrogen) atoms. The Bertz CT molecular complexity index is 1820. The van der Waals surface area contributed by atoms with Crippen molar-refractivity contribution < 1.29 is 33.0 Å². The molecule has 14 heteroatoms. The number of carbonyl (C=O) groups excluding carboxylic acids is 3. The zero-order valence-corrected chi connectivity index (χ0v) is 24.1. The van der Waals surface area contributed by atoms with Gasteiger partial charge in [-0.1, -0.05) is 18.2 Å². The van der Waals surface area contributed by atoms with Crippen LogP contribution in [-0.4, -0.2) is 76.8 Å². The van der Waals surface area contributed by atoms with Gasteiger partial charge in [-0.25, -0.2) is 14.3 Å². The predicted octanol–water partition coefficient (Wildman–Crippen LogP) is 2.01. The maximum absolute atomic E-state index is 15.1. The Hall–Kier alpha value is -5.66. The molecular formula is C31H29FN6O7. The summed E-state index contributed by atoms with van der Waals surface area (Å²) in [6.07, 6.45) is -0.335. The van der Waals surface area contributed by atoms with Gasteiger partial charge in [0.05, 0.1) is 18.7 Å². The van der Waals surface area contributed by atoms with Crippen molar-refractivity contribution in [2.75, 3.05) is 26.8 Å². The van der Waals surface area contributed by atoms with Gasteiger partial charge in [-0.3, -0.25) is 19.4 Å². The molecular weight excluding hydrogens is 587 g/mol. The zero-order chi connectivity index (χ0) is 31.5. The molecule has 4 N–H and O–H groups in total. The number of fused-ring (bicyclic) bond motifs is 7. The van der Waals surface area contributed by atoms with Crippen LogP contribution in [0.25, 0.3) is 11.1 Å². The van der Waals surface area contributed by atoms with Gasteiger partial charge < -0.3 is 29.7 Å². The maximum atomic E-state index is 15.1. The van der Waals surface area contributed by atoms with E-state index in [1.165, 1.54) is 30.2 Å². The molecule has 3 aliphatic heterocycles. The number of ether oxygens (including phenoxy) is 3. The number of hydrogen-bond acceptors (Lipinski definition) is 8. The lowest BCUT2D eigenvalue weighted by atomic mass is 9.99. The minimum atomic E-state index is -0.781. The number of likely N-dealkylation sites (tertiary alicyclic amines) is 1. The number of nitrogens with zero attached hydrogens (tertiary/aromatic N) is 2. The highest BCUT2D eigenvalue weighted by Crippen LogP contribution is 2.29. The average molecular weight is 617 g/mol. The molecule has 4 aromatic rings. The maximum Gasteiger partial charge on any atom is 0.341 e. The Morgan fingerprint density at radius 1 is 1.04 bits per heavy atom. The molecule has 0 saturated carbocycles. The molecule has 0 aliphatic carbocycles. The van der Waals surface area contributed by atoms with Gasteiger partial charge in [0.1, 0.15) is 29.2 Å². The average Bonchev–Trinajstić information content (AvgIpc) is 3.49. The van der Waals surface area contributed by atoms with E-state index in [9.17, 15) is 19.2 Å². The minimum Gasteiger partial charge on any atom is -0.496 e. The summed E-state index contributed by atoms with van der Waals surface area (Å²) in [5.74, 6) is -1.20. The molecule has 1 saturated heterocycles. The van der Waals surface area contributed by atoms with E-state index < -0.39 is 35.5 Å². The summed E-state index contributed by atoms with van der Waals surface area (Å²) >= 11 is 0. The van der Waals surface area contributed by atoms with E-state index in [1.54, 1.807) is 42.5 Å². The van der Waals surface area contributed by atoms with Gasteiger partial charge in [0.25, 0.3) is 17.7 Å². The second-order valence-electron chi connectivity index (χ2n) is 10.6. The van der Waals surface area contributed by atoms with Gasteiger partial charge in [0.2, 0.25) is 5.82 Å². The highest BCUT2D eigenvalue weighted by Gasteiger charge is 2.36. The molecule has 3 amide bonds. The monoisotopic (exact) mass is 616 g/mol. The number of aromatic amines is 2. The number of piperidine rings is 1. The van der Waals surface area contributed by atoms with Crippen LogP contribution in [0.5, 0.6) is 17.2 Å². The third-order valence-electron chi connectivity index (χ3n) is 7.63. The largest absolute Gasteiger partial charge is 0.496 e. The molecule has 3 aromatic carbocycles. The number of benzene rings is 3. The fourth-order valence-corrected chi connectivity index (χ4v) is 5.32. The lowest BCUT2D eigenvalue weighted by Crippen LogP contribution is -2.58. The summed E-state index contributed by atoms with van der Waals surface area (Å²) < 4.78 is 32.6. The van der Waals surface area contributed by atoms with E-state index in [0.29, 0.717) is 40.4 Å². The number of amides is 3. The fraction of sp³-hybridized carbons (Fsp3) is 0.258. The van der Waals surface area contributed by atoms with Crippen LogP contribution in [0.2, 0.25) is 0 Å². The van der Waals surface area contributed by atoms with Crippen LogP contribution in [0.4, 0.5) is 4.39 Å². The highest BCUT2D eigenvalue weighted by atomic mass is 19.1. The van der Waals surface area contributed by atoms with Crippen LogP contribution in [0.15, 0.2) is 65.5 Å². The van der Waals surface area contributed by atoms with E-state index in [1.807, 2.05) is 0 Å². The first-order valence-electron chi connectivity index (χ1n) is 14.2. The van der Waals surface area contributed by atoms with Crippen LogP contribution >= 0.6 is 0 Å². The van der Waals surface area contributed by atoms with Crippen LogP contribution in [0, 0.1) is 5.82 Å². The lowest BCUT2D eigenvalue weighted by molar-refractivity contribution is -0.123. The molecule has 0 radical (unpaired) electrons. The Morgan fingerprint density at radius 2 is 1.89 bits per heavy atom. The molecule has 7 rings (SSSR count). The molecule has 13 nitrogen and oxygen atoms in total. The summed E-state index contributed by atoms with van der Waals surface area (Å²) in [5.41, 5.74) is 1.05. The van der Waals surface area contributed by atoms with Crippen molar-refractivity contribution in [1.29, 1.82) is 0 Å². The van der Waals surface area contributed by atoms with Gasteiger partial charge in [-0.15, -0.1) is 5.10 Å². The van der Waals surface area contributed by atoms with Crippen molar-refractivity contribution in [2.24, 2.45) is 0 Å². The van der Waals surface area contributed by atoms with E-state index >= 15 is 4.39 Å². The van der Waals surface area contributed by atoms with Crippen molar-refractivity contribution in [3.8, 4) is 28.4 Å². The summed E-state index contributed by atoms with van der Waals surface area (Å²) in [6.45, 7) is 0.168. The summed E-state index contributed by atoms with van der Waals surface area (Å²) in [4.78, 5) is 54.6. The number of hydrogen-bond donors (Lipinski definition) is 4. The molecule has 4 heterocycles. The summed E-state index contributed by atoms with van der Waals surface area (Å²) in [7, 11) is 1.49. The molecule has 2 atom stereocenters. The van der Waals surface area contributed by atoms with Gasteiger partial charge in [-0.2, -0.15) is 0 Å². The van der Waals surface area contributed by atoms with Crippen LogP contribution in [0.1, 0.15) is 33.0 Å². The molecule has 0 unspecified atom stereocenters. The third kappa shape index (κ3) is 6.49. The number of carbonyl (C=O) groups is 3. The topological polar surface area (TPSA) is 168 Å². The minimum absolute atomic E-state index is 0.00786. The van der Waals surface area contributed by atoms with Gasteiger partial charge in [0.15, 0.2) is 6.61 Å². The standard InChI is InChI=1S/C31H29FN6O7/c1-43-26-13-21-7-5-19(26)14-33-27(39)16-44-20-4-2-3-17(11-20)18-6-8-23(32)22(12-18)29(40)34-24-15-38(10-9-25(24)45-21)30(41)28-35-31(42)37-36-28/h2-8,11-13,24-25H,9-10,14-16H2,1H3,(H,33,39)(H,34,40)(H2,35,36,37,42)/t24-,25+/m1/s1. The number of aromatic nitrogens is 3. The zero-order valence-electron chi connectivity index (χ0n) is 24.1. The molecule has 1 fully saturated rings. The predicted molar refractivity (Wildman–Crippen MR) is 158 cm³/mol. The molecule has 0 spiro atoms. The highest BCUT2D eigenvalue weighted by molar-refractivity contribution is 5.96. The quantitative estimate of drug-likeness (QED) is 0.265. The van der Waals surface area contributed by atoms with Crippen molar-refractivity contribution in [2.45, 2.75) is 25.1 Å². The van der Waals surface area contributed by atoms with E-state index in [0.717, 1.165) is 0 Å². The Morgan fingerprint density at radius 3 is 2.69 bits per heavy atom. The molecule has 3 aliphatic rings. The van der Waals surface area contributed by atoms with Crippen LogP contribution in [-0.2, 0) is 11.3 Å². The third-order valence-corrected chi connectivity index (χ3v) is 7.63. The Labute approximate surface area is 255 Å². The number of methoxy groups -OCH3 is 1. The molecule has 232 valence electrons. The molecule has 6 bridgehead atoms. The van der Waals surface area contributed by atoms with Crippen LogP contribution in [0.3, 0.4) is 0 Å². The number of nitrogens with one attached hydrogen (secondary N) is 4. The van der Waals surface area contributed by atoms with E-state index in [-0.39, 0.29) is 43.5 Å². The van der Waals surface area contributed by atoms with Gasteiger partial charge in [-0.05, 0) is 47.5 Å². The van der Waals surface area contributed by atoms with Crippen molar-refractivity contribution in [3.63, 3.8) is 0 Å². The Balaban J connectivity index is 1.36. The normalized spacial score (nSPS) is 18.5. The SMILES string of the molecule is COc1cc2ccc1CNC(=O)COc1cccc(c1)-c1ccc(F)c(c1)C(=O)N[C@@H]1CN(C(=O)c3n[nH]c(=O)[nH]3)CC[C@@H]1O2. The van der Waals surface area contributed by atoms with Gasteiger partial charge in [0, 0.05) is 37.7 Å². The lowest BCUT2D eigenvalue weighted by Gasteiger charge is -2.38. The smallest absolute Gasteiger partial charge is 0.341 e. The first kappa shape index (κ1) is 29.4. The van der Waals surface area contributed by atoms with Crippen LogP contribution < -0.4 is 30.5 Å².